The maximum atomic E-state index is 14.4. The topological polar surface area (TPSA) is 18.6 Å². The fourth-order valence-corrected chi connectivity index (χ4v) is 14.9. The highest BCUT2D eigenvalue weighted by Crippen LogP contribution is 2.48. The van der Waals surface area contributed by atoms with E-state index in [0.29, 0.717) is 16.8 Å². The first kappa shape index (κ1) is 56.9. The third kappa shape index (κ3) is 9.54. The fraction of sp³-hybridized carbons (Fsp3) is 0.160. The molecule has 13 rings (SSSR count). The highest BCUT2D eigenvalue weighted by molar-refractivity contribution is 6.14. The summed E-state index contributed by atoms with van der Waals surface area (Å²) in [5.41, 5.74) is 30.8. The molecule has 2 heterocycles. The molecule has 0 fully saturated rings. The second kappa shape index (κ2) is 21.3. The van der Waals surface area contributed by atoms with Gasteiger partial charge in [0.25, 0.3) is 0 Å². The van der Waals surface area contributed by atoms with Crippen LogP contribution in [0, 0.1) is 96.2 Å². The number of halogens is 3. The lowest BCUT2D eigenvalue weighted by Gasteiger charge is -2.21. The number of aromatic nitrogens is 2. The van der Waals surface area contributed by atoms with Gasteiger partial charge in [0, 0.05) is 32.7 Å². The van der Waals surface area contributed by atoms with Crippen LogP contribution < -0.4 is 0 Å². The van der Waals surface area contributed by atoms with Crippen molar-refractivity contribution in [1.82, 2.24) is 9.13 Å². The maximum absolute atomic E-state index is 14.4. The van der Waals surface area contributed by atoms with Gasteiger partial charge in [0.2, 0.25) is 0 Å². The van der Waals surface area contributed by atoms with Crippen molar-refractivity contribution in [2.24, 2.45) is 0 Å². The monoisotopic (exact) mass is 1150 g/mol. The van der Waals surface area contributed by atoms with Crippen LogP contribution in [-0.2, 0) is 6.18 Å². The standard InChI is InChI=1S/C81H65F3N4/c1-44-29-48(5)77(49(6)30-44)57-16-24-71-65(37-57)66-38-58(78-50(7)31-45(2)32-51(78)8)17-25-72(66)87(71)75-28-21-62(85-13)43-69(75)64-22-15-56(63-23-20-61(81(82,83)84)42-70(63)86-14)41-76(64)88-73-26-18-59(79-52(9)33-46(3)34-53(79)10)39-67(73)68-40-60(19-27-74(68)88)80-54(11)35-47(4)36-55(80)12/h15-43H,1-12H3. The van der Waals surface area contributed by atoms with Gasteiger partial charge in [-0.1, -0.05) is 125 Å². The molecule has 4 nitrogen and oxygen atoms in total. The molecule has 0 atom stereocenters. The summed E-state index contributed by atoms with van der Waals surface area (Å²) in [4.78, 5) is 7.80. The molecule has 0 bridgehead atoms. The molecule has 0 saturated carbocycles. The van der Waals surface area contributed by atoms with Crippen LogP contribution in [0.2, 0.25) is 0 Å². The molecule has 430 valence electrons. The van der Waals surface area contributed by atoms with Crippen molar-refractivity contribution in [3.63, 3.8) is 0 Å². The van der Waals surface area contributed by atoms with Gasteiger partial charge in [0.1, 0.15) is 0 Å². The van der Waals surface area contributed by atoms with Gasteiger partial charge < -0.3 is 9.13 Å². The minimum Gasteiger partial charge on any atom is -0.309 e. The Balaban J connectivity index is 1.14. The van der Waals surface area contributed by atoms with E-state index >= 15 is 0 Å². The van der Waals surface area contributed by atoms with E-state index in [2.05, 4.69) is 229 Å². The molecule has 13 aromatic rings. The Labute approximate surface area is 513 Å². The quantitative estimate of drug-likeness (QED) is 0.135. The van der Waals surface area contributed by atoms with Crippen molar-refractivity contribution in [3.05, 3.63) is 271 Å². The summed E-state index contributed by atoms with van der Waals surface area (Å²) in [6.45, 7) is 42.8. The van der Waals surface area contributed by atoms with E-state index in [9.17, 15) is 13.2 Å². The summed E-state index contributed by atoms with van der Waals surface area (Å²) >= 11 is 0. The Kier molecular flexibility index (Phi) is 13.8. The van der Waals surface area contributed by atoms with Crippen molar-refractivity contribution in [2.75, 3.05) is 0 Å². The average molecular weight is 1150 g/mol. The molecule has 0 aliphatic heterocycles. The molecular weight excluding hydrogens is 1090 g/mol. The molecular formula is C81H65F3N4. The Morgan fingerprint density at radius 3 is 0.989 bits per heavy atom. The number of rotatable bonds is 8. The number of hydrogen-bond donors (Lipinski definition) is 0. The van der Waals surface area contributed by atoms with E-state index in [4.69, 9.17) is 13.1 Å². The minimum atomic E-state index is -4.64. The molecule has 2 aromatic heterocycles. The average Bonchev–Trinajstić information content (AvgIpc) is 4.01. The Hall–Kier alpha value is -10.2. The normalized spacial score (nSPS) is 11.8. The van der Waals surface area contributed by atoms with Gasteiger partial charge in [-0.3, -0.25) is 0 Å². The van der Waals surface area contributed by atoms with Gasteiger partial charge in [-0.2, -0.15) is 13.2 Å². The van der Waals surface area contributed by atoms with E-state index in [1.807, 2.05) is 30.3 Å². The van der Waals surface area contributed by atoms with Crippen LogP contribution in [0.1, 0.15) is 72.3 Å². The third-order valence-corrected chi connectivity index (χ3v) is 18.0. The molecule has 0 radical (unpaired) electrons. The summed E-state index contributed by atoms with van der Waals surface area (Å²) in [6.07, 6.45) is -4.64. The van der Waals surface area contributed by atoms with Crippen molar-refractivity contribution in [1.29, 1.82) is 0 Å². The van der Waals surface area contributed by atoms with Gasteiger partial charge in [-0.25, -0.2) is 9.69 Å². The number of benzene rings is 11. The third-order valence-electron chi connectivity index (χ3n) is 18.0. The number of hydrogen-bond acceptors (Lipinski definition) is 0. The van der Waals surface area contributed by atoms with Crippen molar-refractivity contribution >= 4 is 55.0 Å². The zero-order chi connectivity index (χ0) is 61.9. The fourth-order valence-electron chi connectivity index (χ4n) is 14.9. The lowest BCUT2D eigenvalue weighted by Crippen LogP contribution is -2.04. The summed E-state index contributed by atoms with van der Waals surface area (Å²) < 4.78 is 47.8. The predicted octanol–water partition coefficient (Wildman–Crippen LogP) is 23.7. The number of aryl methyl sites for hydroxylation is 12. The van der Waals surface area contributed by atoms with Gasteiger partial charge >= 0.3 is 6.18 Å². The summed E-state index contributed by atoms with van der Waals surface area (Å²) in [7, 11) is 0. The van der Waals surface area contributed by atoms with E-state index in [1.165, 1.54) is 95.1 Å². The predicted molar refractivity (Wildman–Crippen MR) is 362 cm³/mol. The molecule has 0 saturated heterocycles. The number of nitrogens with zero attached hydrogens (tertiary/aromatic N) is 4. The molecule has 0 aliphatic rings. The van der Waals surface area contributed by atoms with Crippen LogP contribution in [0.15, 0.2) is 176 Å². The highest BCUT2D eigenvalue weighted by atomic mass is 19.4. The molecule has 0 N–H and O–H groups in total. The Morgan fingerprint density at radius 1 is 0.307 bits per heavy atom. The zero-order valence-electron chi connectivity index (χ0n) is 51.7. The highest BCUT2D eigenvalue weighted by Gasteiger charge is 2.32. The molecule has 0 unspecified atom stereocenters. The SMILES string of the molecule is [C-]#[N+]c1ccc(-n2c3ccc(-c4c(C)cc(C)cc4C)cc3c3cc(-c4c(C)cc(C)cc4C)ccc32)c(-c2ccc(-c3ccc(C(F)(F)F)cc3[N+]#[C-])cc2-n2c3ccc(-c4c(C)cc(C)cc4C)cc3c3cc(-c4c(C)cc(C)cc4C)ccc32)c1. The van der Waals surface area contributed by atoms with E-state index in [-0.39, 0.29) is 5.69 Å². The molecule has 0 amide bonds. The van der Waals surface area contributed by atoms with Crippen LogP contribution in [0.3, 0.4) is 0 Å². The minimum absolute atomic E-state index is 0.107. The Bertz CT molecular complexity index is 4920. The summed E-state index contributed by atoms with van der Waals surface area (Å²) in [6, 6.07) is 60.2. The second-order valence-electron chi connectivity index (χ2n) is 24.6. The van der Waals surface area contributed by atoms with E-state index in [0.717, 1.165) is 100 Å². The van der Waals surface area contributed by atoms with Crippen LogP contribution in [-0.4, -0.2) is 9.13 Å². The Morgan fingerprint density at radius 2 is 0.648 bits per heavy atom. The van der Waals surface area contributed by atoms with Crippen LogP contribution in [0.5, 0.6) is 0 Å². The van der Waals surface area contributed by atoms with Gasteiger partial charge in [-0.15, -0.1) is 0 Å². The molecule has 0 aliphatic carbocycles. The van der Waals surface area contributed by atoms with E-state index < -0.39 is 11.7 Å². The van der Waals surface area contributed by atoms with Crippen LogP contribution in [0.25, 0.3) is 131 Å². The van der Waals surface area contributed by atoms with E-state index in [1.54, 1.807) is 0 Å². The maximum Gasteiger partial charge on any atom is 0.415 e. The lowest BCUT2D eigenvalue weighted by molar-refractivity contribution is -0.137. The van der Waals surface area contributed by atoms with Crippen molar-refractivity contribution in [2.45, 2.75) is 89.3 Å². The lowest BCUT2D eigenvalue weighted by atomic mass is 9.91. The zero-order valence-corrected chi connectivity index (χ0v) is 51.7. The van der Waals surface area contributed by atoms with Gasteiger partial charge in [-0.05, 0) is 262 Å². The molecule has 11 aromatic carbocycles. The molecule has 7 heteroatoms. The number of alkyl halides is 3. The first-order valence-corrected chi connectivity index (χ1v) is 29.8. The number of fused-ring (bicyclic) bond motifs is 6. The van der Waals surface area contributed by atoms with Gasteiger partial charge in [0.05, 0.1) is 46.6 Å². The summed E-state index contributed by atoms with van der Waals surface area (Å²) in [5, 5.41) is 4.19. The molecule has 88 heavy (non-hydrogen) atoms. The first-order valence-electron chi connectivity index (χ1n) is 29.8. The largest absolute Gasteiger partial charge is 0.415 e. The smallest absolute Gasteiger partial charge is 0.309 e. The van der Waals surface area contributed by atoms with Crippen molar-refractivity contribution in [3.8, 4) is 78.1 Å². The van der Waals surface area contributed by atoms with Crippen LogP contribution in [0.4, 0.5) is 24.5 Å². The van der Waals surface area contributed by atoms with Gasteiger partial charge in [0.15, 0.2) is 11.4 Å². The summed E-state index contributed by atoms with van der Waals surface area (Å²) in [5.74, 6) is 0. The van der Waals surface area contributed by atoms with Crippen molar-refractivity contribution < 1.29 is 13.2 Å². The van der Waals surface area contributed by atoms with Crippen LogP contribution >= 0.6 is 0 Å². The first-order chi connectivity index (χ1) is 42.1. The second-order valence-corrected chi connectivity index (χ2v) is 24.6. The molecule has 0 spiro atoms.